The molecule has 0 radical (unpaired) electrons. The summed E-state index contributed by atoms with van der Waals surface area (Å²) >= 11 is 1.93. The molecule has 6 nitrogen and oxygen atoms in total. The average Bonchev–Trinajstić information content (AvgIpc) is 2.96. The van der Waals surface area contributed by atoms with Crippen molar-refractivity contribution in [2.75, 3.05) is 16.8 Å². The zero-order valence-electron chi connectivity index (χ0n) is 13.9. The first-order valence-corrected chi connectivity index (χ1v) is 9.24. The van der Waals surface area contributed by atoms with Crippen LogP contribution < -0.4 is 5.32 Å². The number of aromatic nitrogens is 2. The van der Waals surface area contributed by atoms with Crippen molar-refractivity contribution in [3.8, 4) is 0 Å². The summed E-state index contributed by atoms with van der Waals surface area (Å²) in [6, 6.07) is 1.87. The van der Waals surface area contributed by atoms with Gasteiger partial charge in [-0.05, 0) is 51.0 Å². The molecule has 1 aliphatic heterocycles. The number of rotatable bonds is 6. The first-order valence-electron chi connectivity index (χ1n) is 8.09. The Balaban J connectivity index is 1.82. The summed E-state index contributed by atoms with van der Waals surface area (Å²) in [5, 5.41) is 6.92. The number of nitrogens with one attached hydrogen (secondary N) is 1. The monoisotopic (exact) mass is 339 g/mol. The van der Waals surface area contributed by atoms with E-state index in [0.717, 1.165) is 24.3 Å². The lowest BCUT2D eigenvalue weighted by molar-refractivity contribution is -0.154. The lowest BCUT2D eigenvalue weighted by Gasteiger charge is -2.21. The van der Waals surface area contributed by atoms with Crippen molar-refractivity contribution in [3.05, 3.63) is 12.3 Å². The van der Waals surface area contributed by atoms with E-state index in [-0.39, 0.29) is 17.9 Å². The maximum Gasteiger partial charge on any atom is 0.306 e. The van der Waals surface area contributed by atoms with Gasteiger partial charge in [-0.2, -0.15) is 16.9 Å². The molecular weight excluding hydrogens is 314 g/mol. The third-order valence-electron chi connectivity index (χ3n) is 3.88. The molecule has 1 amide bonds. The largest absolute Gasteiger partial charge is 0.453 e. The van der Waals surface area contributed by atoms with Gasteiger partial charge in [0.25, 0.3) is 5.91 Å². The van der Waals surface area contributed by atoms with Crippen molar-refractivity contribution in [1.29, 1.82) is 0 Å². The van der Waals surface area contributed by atoms with Crippen molar-refractivity contribution >= 4 is 29.5 Å². The van der Waals surface area contributed by atoms with E-state index in [4.69, 9.17) is 4.74 Å². The Kier molecular flexibility index (Phi) is 6.50. The maximum absolute atomic E-state index is 12.2. The Bertz CT molecular complexity index is 538. The highest BCUT2D eigenvalue weighted by atomic mass is 32.2. The minimum Gasteiger partial charge on any atom is -0.453 e. The molecule has 128 valence electrons. The average molecular weight is 339 g/mol. The fourth-order valence-electron chi connectivity index (χ4n) is 2.54. The molecule has 1 atom stereocenters. The second-order valence-electron chi connectivity index (χ2n) is 6.14. The van der Waals surface area contributed by atoms with Gasteiger partial charge >= 0.3 is 5.97 Å². The van der Waals surface area contributed by atoms with Crippen molar-refractivity contribution in [1.82, 2.24) is 9.78 Å². The number of hydrogen-bond donors (Lipinski definition) is 1. The molecule has 1 aromatic heterocycles. The van der Waals surface area contributed by atoms with Crippen LogP contribution in [0.4, 0.5) is 5.82 Å². The first kappa shape index (κ1) is 17.8. The maximum atomic E-state index is 12.2. The summed E-state index contributed by atoms with van der Waals surface area (Å²) in [7, 11) is 0. The van der Waals surface area contributed by atoms with Gasteiger partial charge in [0.05, 0.1) is 6.20 Å². The minimum absolute atomic E-state index is 0.141. The van der Waals surface area contributed by atoms with E-state index in [1.807, 2.05) is 25.6 Å². The number of carbonyl (C=O) groups is 2. The third kappa shape index (κ3) is 5.27. The van der Waals surface area contributed by atoms with Crippen molar-refractivity contribution in [2.45, 2.75) is 52.2 Å². The number of thioether (sulfide) groups is 1. The fraction of sp³-hybridized carbons (Fsp3) is 0.688. The van der Waals surface area contributed by atoms with Gasteiger partial charge in [-0.25, -0.2) is 4.68 Å². The predicted octanol–water partition coefficient (Wildman–Crippen LogP) is 2.87. The molecule has 0 spiro atoms. The third-order valence-corrected chi connectivity index (χ3v) is 4.93. The van der Waals surface area contributed by atoms with Crippen LogP contribution in [0.1, 0.15) is 46.1 Å². The number of anilines is 1. The van der Waals surface area contributed by atoms with E-state index in [2.05, 4.69) is 10.4 Å². The predicted molar refractivity (Wildman–Crippen MR) is 91.5 cm³/mol. The molecule has 0 aliphatic carbocycles. The van der Waals surface area contributed by atoms with Crippen LogP contribution in [0.5, 0.6) is 0 Å². The quantitative estimate of drug-likeness (QED) is 0.807. The van der Waals surface area contributed by atoms with Crippen molar-refractivity contribution in [2.24, 2.45) is 5.92 Å². The van der Waals surface area contributed by atoms with E-state index in [9.17, 15) is 9.59 Å². The molecule has 0 saturated carbocycles. The van der Waals surface area contributed by atoms with Gasteiger partial charge < -0.3 is 10.1 Å². The highest BCUT2D eigenvalue weighted by Crippen LogP contribution is 2.25. The Labute approximate surface area is 141 Å². The van der Waals surface area contributed by atoms with Crippen LogP contribution in [-0.2, 0) is 14.3 Å². The molecule has 1 N–H and O–H groups in total. The Hall–Kier alpha value is -1.50. The summed E-state index contributed by atoms with van der Waals surface area (Å²) in [5.74, 6) is 2.58. The van der Waals surface area contributed by atoms with Crippen LogP contribution >= 0.6 is 11.8 Å². The molecule has 0 bridgehead atoms. The molecule has 23 heavy (non-hydrogen) atoms. The number of amides is 1. The van der Waals surface area contributed by atoms with Gasteiger partial charge in [-0.1, -0.05) is 0 Å². The number of ether oxygens (including phenoxy) is 1. The minimum atomic E-state index is -0.809. The van der Waals surface area contributed by atoms with Gasteiger partial charge in [-0.15, -0.1) is 0 Å². The molecule has 1 fully saturated rings. The molecule has 1 saturated heterocycles. The molecule has 2 heterocycles. The van der Waals surface area contributed by atoms with E-state index >= 15 is 0 Å². The Morgan fingerprint density at radius 2 is 2.09 bits per heavy atom. The lowest BCUT2D eigenvalue weighted by Crippen LogP contribution is -2.31. The van der Waals surface area contributed by atoms with Gasteiger partial charge in [0.15, 0.2) is 6.10 Å². The van der Waals surface area contributed by atoms with Crippen LogP contribution in [0, 0.1) is 5.92 Å². The van der Waals surface area contributed by atoms with Crippen LogP contribution in [0.15, 0.2) is 12.3 Å². The summed E-state index contributed by atoms with van der Waals surface area (Å²) in [6.07, 6.45) is 3.33. The van der Waals surface area contributed by atoms with Crippen LogP contribution in [0.2, 0.25) is 0 Å². The number of carbonyl (C=O) groups excluding carboxylic acids is 2. The Morgan fingerprint density at radius 1 is 1.39 bits per heavy atom. The second kappa shape index (κ2) is 8.38. The van der Waals surface area contributed by atoms with Gasteiger partial charge in [0, 0.05) is 18.5 Å². The number of esters is 1. The zero-order chi connectivity index (χ0) is 16.8. The molecule has 2 rings (SSSR count). The topological polar surface area (TPSA) is 73.2 Å². The van der Waals surface area contributed by atoms with Crippen LogP contribution in [0.3, 0.4) is 0 Å². The highest BCUT2D eigenvalue weighted by molar-refractivity contribution is 7.99. The van der Waals surface area contributed by atoms with Gasteiger partial charge in [-0.3, -0.25) is 9.59 Å². The van der Waals surface area contributed by atoms with Crippen molar-refractivity contribution < 1.29 is 14.3 Å². The summed E-state index contributed by atoms with van der Waals surface area (Å²) in [5.41, 5.74) is 0. The molecule has 0 unspecified atom stereocenters. The standard InChI is InChI=1S/C16H25N3O3S/c1-11(2)19-14(4-7-17-19)18-16(21)12(3)22-15(20)10-13-5-8-23-9-6-13/h4,7,11-13H,5-6,8-10H2,1-3H3,(H,18,21)/t12-/m0/s1. The molecule has 1 aromatic rings. The van der Waals surface area contributed by atoms with Crippen molar-refractivity contribution in [3.63, 3.8) is 0 Å². The molecule has 0 aromatic carbocycles. The van der Waals surface area contributed by atoms with E-state index in [1.54, 1.807) is 23.9 Å². The van der Waals surface area contributed by atoms with Gasteiger partial charge in [0.2, 0.25) is 0 Å². The first-order chi connectivity index (χ1) is 11.0. The van der Waals surface area contributed by atoms with E-state index < -0.39 is 6.10 Å². The smallest absolute Gasteiger partial charge is 0.306 e. The lowest BCUT2D eigenvalue weighted by atomic mass is 9.99. The Morgan fingerprint density at radius 3 is 2.74 bits per heavy atom. The molecule has 7 heteroatoms. The van der Waals surface area contributed by atoms with Crippen LogP contribution in [0.25, 0.3) is 0 Å². The SMILES string of the molecule is CC(C)n1nccc1NC(=O)[C@H](C)OC(=O)CC1CCSCC1. The number of hydrogen-bond acceptors (Lipinski definition) is 5. The zero-order valence-corrected chi connectivity index (χ0v) is 14.8. The normalized spacial score (nSPS) is 17.0. The number of nitrogens with zero attached hydrogens (tertiary/aromatic N) is 2. The van der Waals surface area contributed by atoms with Crippen LogP contribution in [-0.4, -0.2) is 39.3 Å². The summed E-state index contributed by atoms with van der Waals surface area (Å²) in [6.45, 7) is 5.56. The van der Waals surface area contributed by atoms with E-state index in [1.165, 1.54) is 0 Å². The van der Waals surface area contributed by atoms with E-state index in [0.29, 0.717) is 18.2 Å². The summed E-state index contributed by atoms with van der Waals surface area (Å²) < 4.78 is 6.99. The second-order valence-corrected chi connectivity index (χ2v) is 7.36. The van der Waals surface area contributed by atoms with Gasteiger partial charge in [0.1, 0.15) is 5.82 Å². The molecular formula is C16H25N3O3S. The fourth-order valence-corrected chi connectivity index (χ4v) is 3.74. The highest BCUT2D eigenvalue weighted by Gasteiger charge is 2.23. The summed E-state index contributed by atoms with van der Waals surface area (Å²) in [4.78, 5) is 24.2. The molecule has 1 aliphatic rings.